The summed E-state index contributed by atoms with van der Waals surface area (Å²) >= 11 is 3.50. The summed E-state index contributed by atoms with van der Waals surface area (Å²) in [4.78, 5) is 4.74. The van der Waals surface area contributed by atoms with Gasteiger partial charge < -0.3 is 14.0 Å². The molecular formula is C20H19BrN2O3. The number of rotatable bonds is 4. The van der Waals surface area contributed by atoms with Gasteiger partial charge in [-0.25, -0.2) is 0 Å². The molecule has 0 spiro atoms. The third kappa shape index (κ3) is 3.15. The molecule has 0 aliphatic carbocycles. The molecule has 0 radical (unpaired) electrons. The lowest BCUT2D eigenvalue weighted by atomic mass is 9.74. The van der Waals surface area contributed by atoms with E-state index >= 15 is 0 Å². The summed E-state index contributed by atoms with van der Waals surface area (Å²) in [7, 11) is 1.65. The summed E-state index contributed by atoms with van der Waals surface area (Å²) in [5.74, 6) is 2.04. The first-order valence-electron chi connectivity index (χ1n) is 8.54. The van der Waals surface area contributed by atoms with E-state index in [1.165, 1.54) is 5.56 Å². The standard InChI is InChI=1S/C20H19BrN2O3/c1-24-17-8-2-14(3-9-17)18-22-19(26-23-18)20(10-12-25-13-11-20)15-4-6-16(21)7-5-15/h2-9H,10-13H2,1H3. The van der Waals surface area contributed by atoms with Crippen molar-refractivity contribution in [3.63, 3.8) is 0 Å². The summed E-state index contributed by atoms with van der Waals surface area (Å²) in [5.41, 5.74) is 1.77. The third-order valence-corrected chi connectivity index (χ3v) is 5.46. The van der Waals surface area contributed by atoms with Gasteiger partial charge in [0.2, 0.25) is 11.7 Å². The molecule has 26 heavy (non-hydrogen) atoms. The summed E-state index contributed by atoms with van der Waals surface area (Å²) in [5, 5.41) is 4.23. The highest BCUT2D eigenvalue weighted by Gasteiger charge is 2.41. The van der Waals surface area contributed by atoms with Crippen molar-refractivity contribution in [2.45, 2.75) is 18.3 Å². The number of hydrogen-bond donors (Lipinski definition) is 0. The van der Waals surface area contributed by atoms with E-state index in [1.807, 2.05) is 36.4 Å². The quantitative estimate of drug-likeness (QED) is 0.623. The highest BCUT2D eigenvalue weighted by atomic mass is 79.9. The average Bonchev–Trinajstić information content (AvgIpc) is 3.20. The van der Waals surface area contributed by atoms with Gasteiger partial charge in [-0.15, -0.1) is 0 Å². The lowest BCUT2D eigenvalue weighted by Crippen LogP contribution is -2.35. The van der Waals surface area contributed by atoms with E-state index in [1.54, 1.807) is 7.11 Å². The second kappa shape index (κ2) is 7.21. The fourth-order valence-electron chi connectivity index (χ4n) is 3.39. The zero-order valence-corrected chi connectivity index (χ0v) is 16.0. The Morgan fingerprint density at radius 1 is 1.00 bits per heavy atom. The van der Waals surface area contributed by atoms with Crippen molar-refractivity contribution >= 4 is 15.9 Å². The normalized spacial score (nSPS) is 16.4. The Balaban J connectivity index is 1.72. The van der Waals surface area contributed by atoms with E-state index < -0.39 is 0 Å². The van der Waals surface area contributed by atoms with Crippen LogP contribution in [0.4, 0.5) is 0 Å². The van der Waals surface area contributed by atoms with Crippen LogP contribution in [0.25, 0.3) is 11.4 Å². The topological polar surface area (TPSA) is 57.4 Å². The van der Waals surface area contributed by atoms with Crippen LogP contribution >= 0.6 is 15.9 Å². The molecule has 0 atom stereocenters. The first kappa shape index (κ1) is 17.2. The van der Waals surface area contributed by atoms with E-state index in [0.717, 1.165) is 28.6 Å². The van der Waals surface area contributed by atoms with Crippen molar-refractivity contribution in [1.29, 1.82) is 0 Å². The second-order valence-electron chi connectivity index (χ2n) is 6.35. The molecule has 2 aromatic carbocycles. The van der Waals surface area contributed by atoms with Crippen LogP contribution in [0.15, 0.2) is 57.5 Å². The summed E-state index contributed by atoms with van der Waals surface area (Å²) in [6.45, 7) is 1.35. The molecule has 0 bridgehead atoms. The molecule has 0 N–H and O–H groups in total. The van der Waals surface area contributed by atoms with E-state index in [0.29, 0.717) is 24.9 Å². The van der Waals surface area contributed by atoms with Crippen LogP contribution in [-0.4, -0.2) is 30.5 Å². The Morgan fingerprint density at radius 3 is 2.35 bits per heavy atom. The second-order valence-corrected chi connectivity index (χ2v) is 7.27. The number of nitrogens with zero attached hydrogens (tertiary/aromatic N) is 2. The van der Waals surface area contributed by atoms with Gasteiger partial charge in [-0.05, 0) is 54.8 Å². The molecule has 1 aromatic heterocycles. The highest BCUT2D eigenvalue weighted by Crippen LogP contribution is 2.41. The van der Waals surface area contributed by atoms with Gasteiger partial charge in [-0.1, -0.05) is 33.2 Å². The molecule has 6 heteroatoms. The Hall–Kier alpha value is -2.18. The molecule has 3 aromatic rings. The third-order valence-electron chi connectivity index (χ3n) is 4.93. The predicted octanol–water partition coefficient (Wildman–Crippen LogP) is 4.60. The summed E-state index contributed by atoms with van der Waals surface area (Å²) in [6, 6.07) is 16.0. The van der Waals surface area contributed by atoms with E-state index in [-0.39, 0.29) is 5.41 Å². The molecule has 0 unspecified atom stereocenters. The van der Waals surface area contributed by atoms with Gasteiger partial charge in [0.1, 0.15) is 5.75 Å². The van der Waals surface area contributed by atoms with Crippen molar-refractivity contribution in [3.8, 4) is 17.1 Å². The van der Waals surface area contributed by atoms with Crippen LogP contribution in [0.2, 0.25) is 0 Å². The largest absolute Gasteiger partial charge is 0.497 e. The van der Waals surface area contributed by atoms with Gasteiger partial charge in [0.25, 0.3) is 0 Å². The lowest BCUT2D eigenvalue weighted by Gasteiger charge is -2.34. The number of hydrogen-bond acceptors (Lipinski definition) is 5. The number of methoxy groups -OCH3 is 1. The Bertz CT molecular complexity index is 869. The molecule has 1 saturated heterocycles. The molecule has 0 amide bonds. The molecule has 1 fully saturated rings. The predicted molar refractivity (Wildman–Crippen MR) is 101 cm³/mol. The lowest BCUT2D eigenvalue weighted by molar-refractivity contribution is 0.0523. The minimum absolute atomic E-state index is 0.309. The summed E-state index contributed by atoms with van der Waals surface area (Å²) < 4.78 is 17.6. The number of ether oxygens (including phenoxy) is 2. The van der Waals surface area contributed by atoms with Crippen LogP contribution in [0.5, 0.6) is 5.75 Å². The van der Waals surface area contributed by atoms with Crippen LogP contribution < -0.4 is 4.74 Å². The molecular weight excluding hydrogens is 396 g/mol. The van der Waals surface area contributed by atoms with Crippen molar-refractivity contribution < 1.29 is 14.0 Å². The number of benzene rings is 2. The average molecular weight is 415 g/mol. The van der Waals surface area contributed by atoms with Crippen LogP contribution in [0.1, 0.15) is 24.3 Å². The van der Waals surface area contributed by atoms with Crippen molar-refractivity contribution in [1.82, 2.24) is 10.1 Å². The summed E-state index contributed by atoms with van der Waals surface area (Å²) in [6.07, 6.45) is 1.64. The first-order valence-corrected chi connectivity index (χ1v) is 9.33. The van der Waals surface area contributed by atoms with E-state index in [9.17, 15) is 0 Å². The molecule has 0 saturated carbocycles. The van der Waals surface area contributed by atoms with Gasteiger partial charge in [0.05, 0.1) is 12.5 Å². The monoisotopic (exact) mass is 414 g/mol. The highest BCUT2D eigenvalue weighted by molar-refractivity contribution is 9.10. The molecule has 4 rings (SSSR count). The van der Waals surface area contributed by atoms with E-state index in [4.69, 9.17) is 19.0 Å². The minimum Gasteiger partial charge on any atom is -0.497 e. The van der Waals surface area contributed by atoms with Gasteiger partial charge in [-0.3, -0.25) is 0 Å². The molecule has 5 nitrogen and oxygen atoms in total. The Labute approximate surface area is 160 Å². The maximum atomic E-state index is 5.74. The van der Waals surface area contributed by atoms with Gasteiger partial charge in [0.15, 0.2) is 0 Å². The van der Waals surface area contributed by atoms with Crippen LogP contribution in [0.3, 0.4) is 0 Å². The Morgan fingerprint density at radius 2 is 1.69 bits per heavy atom. The number of halogens is 1. The van der Waals surface area contributed by atoms with Crippen LogP contribution in [-0.2, 0) is 10.2 Å². The maximum Gasteiger partial charge on any atom is 0.237 e. The first-order chi connectivity index (χ1) is 12.7. The fraction of sp³-hybridized carbons (Fsp3) is 0.300. The number of aromatic nitrogens is 2. The van der Waals surface area contributed by atoms with E-state index in [2.05, 4.69) is 33.2 Å². The van der Waals surface area contributed by atoms with Crippen molar-refractivity contribution in [2.24, 2.45) is 0 Å². The molecule has 1 aliphatic heterocycles. The van der Waals surface area contributed by atoms with Gasteiger partial charge in [-0.2, -0.15) is 4.98 Å². The molecule has 2 heterocycles. The SMILES string of the molecule is COc1ccc(-c2noc(C3(c4ccc(Br)cc4)CCOCC3)n2)cc1. The van der Waals surface area contributed by atoms with Gasteiger partial charge >= 0.3 is 0 Å². The maximum absolute atomic E-state index is 5.74. The Kier molecular flexibility index (Phi) is 4.78. The smallest absolute Gasteiger partial charge is 0.237 e. The van der Waals surface area contributed by atoms with Gasteiger partial charge in [0, 0.05) is 23.2 Å². The molecule has 1 aliphatic rings. The zero-order valence-electron chi connectivity index (χ0n) is 14.4. The zero-order chi connectivity index (χ0) is 18.0. The van der Waals surface area contributed by atoms with Crippen molar-refractivity contribution in [3.05, 3.63) is 64.5 Å². The fourth-order valence-corrected chi connectivity index (χ4v) is 3.65. The van der Waals surface area contributed by atoms with Crippen molar-refractivity contribution in [2.75, 3.05) is 20.3 Å². The minimum atomic E-state index is -0.309. The molecule has 134 valence electrons. The van der Waals surface area contributed by atoms with Crippen LogP contribution in [0, 0.1) is 0 Å².